The van der Waals surface area contributed by atoms with E-state index in [4.69, 9.17) is 0 Å². The predicted octanol–water partition coefficient (Wildman–Crippen LogP) is 5.03. The first-order valence-corrected chi connectivity index (χ1v) is 7.13. The summed E-state index contributed by atoms with van der Waals surface area (Å²) < 4.78 is 0. The minimum atomic E-state index is 0.602. The van der Waals surface area contributed by atoms with Gasteiger partial charge in [0.05, 0.1) is 0 Å². The summed E-state index contributed by atoms with van der Waals surface area (Å²) in [6.45, 7) is 7.36. The molecule has 0 nitrogen and oxygen atoms in total. The Morgan fingerprint density at radius 1 is 1.13 bits per heavy atom. The highest BCUT2D eigenvalue weighted by atomic mass is 14.4. The Morgan fingerprint density at radius 2 is 1.80 bits per heavy atom. The SMILES string of the molecule is CCC(C)(C)C(CCCC1CC1)C1CC1. The van der Waals surface area contributed by atoms with Crippen LogP contribution in [0.25, 0.3) is 0 Å². The van der Waals surface area contributed by atoms with Gasteiger partial charge in [0.25, 0.3) is 0 Å². The van der Waals surface area contributed by atoms with Crippen molar-refractivity contribution in [2.24, 2.45) is 23.2 Å². The third-order valence-electron chi connectivity index (χ3n) is 4.93. The van der Waals surface area contributed by atoms with Crippen LogP contribution in [0.15, 0.2) is 0 Å². The maximum Gasteiger partial charge on any atom is -0.0326 e. The molecule has 0 heterocycles. The van der Waals surface area contributed by atoms with Crippen molar-refractivity contribution < 1.29 is 0 Å². The van der Waals surface area contributed by atoms with Crippen molar-refractivity contribution in [3.05, 3.63) is 0 Å². The second-order valence-electron chi connectivity index (χ2n) is 6.66. The Hall–Kier alpha value is 0. The van der Waals surface area contributed by atoms with Crippen LogP contribution in [0.4, 0.5) is 0 Å². The van der Waals surface area contributed by atoms with Crippen LogP contribution in [-0.2, 0) is 0 Å². The van der Waals surface area contributed by atoms with Gasteiger partial charge >= 0.3 is 0 Å². The third-order valence-corrected chi connectivity index (χ3v) is 4.93. The summed E-state index contributed by atoms with van der Waals surface area (Å²) >= 11 is 0. The summed E-state index contributed by atoms with van der Waals surface area (Å²) in [4.78, 5) is 0. The lowest BCUT2D eigenvalue weighted by atomic mass is 9.71. The van der Waals surface area contributed by atoms with Gasteiger partial charge in [-0.25, -0.2) is 0 Å². The fourth-order valence-corrected chi connectivity index (χ4v) is 3.06. The first-order valence-electron chi connectivity index (χ1n) is 7.13. The van der Waals surface area contributed by atoms with Crippen LogP contribution in [0.5, 0.6) is 0 Å². The summed E-state index contributed by atoms with van der Waals surface area (Å²) in [5, 5.41) is 0. The molecule has 0 spiro atoms. The quantitative estimate of drug-likeness (QED) is 0.550. The molecular formula is C15H28. The van der Waals surface area contributed by atoms with Gasteiger partial charge in [0.1, 0.15) is 0 Å². The molecule has 0 saturated heterocycles. The molecule has 2 aliphatic rings. The predicted molar refractivity (Wildman–Crippen MR) is 66.9 cm³/mol. The van der Waals surface area contributed by atoms with E-state index in [9.17, 15) is 0 Å². The van der Waals surface area contributed by atoms with E-state index in [0.717, 1.165) is 17.8 Å². The van der Waals surface area contributed by atoms with Crippen LogP contribution >= 0.6 is 0 Å². The monoisotopic (exact) mass is 208 g/mol. The number of hydrogen-bond donors (Lipinski definition) is 0. The first kappa shape index (κ1) is 11.5. The number of hydrogen-bond acceptors (Lipinski definition) is 0. The molecule has 0 aromatic carbocycles. The molecular weight excluding hydrogens is 180 g/mol. The van der Waals surface area contributed by atoms with Crippen LogP contribution in [-0.4, -0.2) is 0 Å². The largest absolute Gasteiger partial charge is 0.0649 e. The third kappa shape index (κ3) is 3.23. The van der Waals surface area contributed by atoms with Crippen molar-refractivity contribution in [2.75, 3.05) is 0 Å². The van der Waals surface area contributed by atoms with E-state index in [-0.39, 0.29) is 0 Å². The molecule has 0 aromatic heterocycles. The van der Waals surface area contributed by atoms with Gasteiger partial charge in [0.2, 0.25) is 0 Å². The van der Waals surface area contributed by atoms with Crippen LogP contribution < -0.4 is 0 Å². The van der Waals surface area contributed by atoms with E-state index in [1.165, 1.54) is 51.4 Å². The highest BCUT2D eigenvalue weighted by molar-refractivity contribution is 4.90. The van der Waals surface area contributed by atoms with Gasteiger partial charge in [-0.3, -0.25) is 0 Å². The van der Waals surface area contributed by atoms with Crippen LogP contribution in [0.2, 0.25) is 0 Å². The maximum absolute atomic E-state index is 2.49. The Labute approximate surface area is 95.8 Å². The minimum absolute atomic E-state index is 0.602. The summed E-state index contributed by atoms with van der Waals surface area (Å²) in [7, 11) is 0. The maximum atomic E-state index is 2.49. The standard InChI is InChI=1S/C15H28/c1-4-15(2,3)14(13-10-11-13)7-5-6-12-8-9-12/h12-14H,4-11H2,1-3H3. The molecule has 1 atom stereocenters. The zero-order chi connectivity index (χ0) is 10.9. The second kappa shape index (κ2) is 4.47. The van der Waals surface area contributed by atoms with Gasteiger partial charge in [-0.1, -0.05) is 52.9 Å². The van der Waals surface area contributed by atoms with Crippen molar-refractivity contribution >= 4 is 0 Å². The van der Waals surface area contributed by atoms with Gasteiger partial charge in [0, 0.05) is 0 Å². The fraction of sp³-hybridized carbons (Fsp3) is 1.00. The molecule has 1 unspecified atom stereocenters. The molecule has 15 heavy (non-hydrogen) atoms. The molecule has 0 aliphatic heterocycles. The van der Waals surface area contributed by atoms with E-state index in [1.807, 2.05) is 0 Å². The van der Waals surface area contributed by atoms with Gasteiger partial charge in [-0.05, 0) is 42.4 Å². The molecule has 0 heteroatoms. The van der Waals surface area contributed by atoms with Crippen molar-refractivity contribution in [2.45, 2.75) is 72.1 Å². The normalized spacial score (nSPS) is 24.2. The topological polar surface area (TPSA) is 0 Å². The summed E-state index contributed by atoms with van der Waals surface area (Å²) in [6.07, 6.45) is 12.0. The first-order chi connectivity index (χ1) is 7.13. The highest BCUT2D eigenvalue weighted by Gasteiger charge is 2.39. The zero-order valence-corrected chi connectivity index (χ0v) is 10.9. The van der Waals surface area contributed by atoms with Gasteiger partial charge in [-0.15, -0.1) is 0 Å². The molecule has 0 aromatic rings. The second-order valence-corrected chi connectivity index (χ2v) is 6.66. The lowest BCUT2D eigenvalue weighted by Crippen LogP contribution is -2.25. The zero-order valence-electron chi connectivity index (χ0n) is 10.9. The molecule has 2 saturated carbocycles. The highest BCUT2D eigenvalue weighted by Crippen LogP contribution is 2.49. The van der Waals surface area contributed by atoms with Crippen molar-refractivity contribution in [3.63, 3.8) is 0 Å². The van der Waals surface area contributed by atoms with E-state index in [0.29, 0.717) is 5.41 Å². The van der Waals surface area contributed by atoms with E-state index in [2.05, 4.69) is 20.8 Å². The van der Waals surface area contributed by atoms with Crippen LogP contribution in [0.1, 0.15) is 72.1 Å². The average molecular weight is 208 g/mol. The number of rotatable bonds is 7. The van der Waals surface area contributed by atoms with E-state index < -0.39 is 0 Å². The molecule has 0 amide bonds. The van der Waals surface area contributed by atoms with Crippen LogP contribution in [0, 0.1) is 23.2 Å². The van der Waals surface area contributed by atoms with E-state index in [1.54, 1.807) is 0 Å². The lowest BCUT2D eigenvalue weighted by Gasteiger charge is -2.34. The Bertz CT molecular complexity index is 196. The smallest absolute Gasteiger partial charge is 0.0326 e. The molecule has 2 aliphatic carbocycles. The molecule has 2 fully saturated rings. The van der Waals surface area contributed by atoms with Crippen molar-refractivity contribution in [1.82, 2.24) is 0 Å². The Kier molecular flexibility index (Phi) is 3.42. The fourth-order valence-electron chi connectivity index (χ4n) is 3.06. The summed E-state index contributed by atoms with van der Waals surface area (Å²) in [5.41, 5.74) is 0.602. The summed E-state index contributed by atoms with van der Waals surface area (Å²) in [5.74, 6) is 3.26. The molecule has 0 N–H and O–H groups in total. The molecule has 88 valence electrons. The van der Waals surface area contributed by atoms with Crippen molar-refractivity contribution in [1.29, 1.82) is 0 Å². The van der Waals surface area contributed by atoms with Gasteiger partial charge in [-0.2, -0.15) is 0 Å². The van der Waals surface area contributed by atoms with Crippen LogP contribution in [0.3, 0.4) is 0 Å². The van der Waals surface area contributed by atoms with Gasteiger partial charge < -0.3 is 0 Å². The van der Waals surface area contributed by atoms with Crippen molar-refractivity contribution in [3.8, 4) is 0 Å². The molecule has 2 rings (SSSR count). The van der Waals surface area contributed by atoms with Gasteiger partial charge in [0.15, 0.2) is 0 Å². The summed E-state index contributed by atoms with van der Waals surface area (Å²) in [6, 6.07) is 0. The molecule has 0 bridgehead atoms. The minimum Gasteiger partial charge on any atom is -0.0649 e. The average Bonchev–Trinajstić information content (AvgIpc) is 3.03. The van der Waals surface area contributed by atoms with E-state index >= 15 is 0 Å². The lowest BCUT2D eigenvalue weighted by molar-refractivity contribution is 0.161. The Morgan fingerprint density at radius 3 is 2.27 bits per heavy atom. The molecule has 0 radical (unpaired) electrons. The Balaban J connectivity index is 1.76.